The molecule has 3 heteroatoms. The second kappa shape index (κ2) is 7.21. The Bertz CT molecular complexity index is 1360. The van der Waals surface area contributed by atoms with Crippen molar-refractivity contribution >= 4 is 32.9 Å². The topological polar surface area (TPSA) is 45.0 Å². The molecule has 5 aromatic carbocycles. The molecule has 0 atom stereocenters. The van der Waals surface area contributed by atoms with E-state index in [0.717, 1.165) is 44.0 Å². The zero-order valence-electron chi connectivity index (χ0n) is 15.7. The smallest absolute Gasteiger partial charge is 0.124 e. The highest BCUT2D eigenvalue weighted by atomic mass is 16.3. The summed E-state index contributed by atoms with van der Waals surface area (Å²) in [6, 6.07) is 33.6. The summed E-state index contributed by atoms with van der Waals surface area (Å²) in [6.45, 7) is 0. The molecule has 0 radical (unpaired) electrons. The van der Waals surface area contributed by atoms with E-state index in [1.807, 2.05) is 78.9 Å². The molecule has 0 aromatic heterocycles. The Morgan fingerprint density at radius 1 is 0.483 bits per heavy atom. The second-order valence-electron chi connectivity index (χ2n) is 6.90. The third kappa shape index (κ3) is 3.13. The van der Waals surface area contributed by atoms with E-state index in [0.29, 0.717) is 0 Å². The summed E-state index contributed by atoms with van der Waals surface area (Å²) < 4.78 is 0. The number of nitrogens with zero attached hydrogens (tertiary/aromatic N) is 2. The van der Waals surface area contributed by atoms with Crippen LogP contribution in [0.5, 0.6) is 5.75 Å². The maximum absolute atomic E-state index is 10.9. The number of hydrogen-bond acceptors (Lipinski definition) is 3. The Hall–Kier alpha value is -3.98. The average molecular weight is 374 g/mol. The summed E-state index contributed by atoms with van der Waals surface area (Å²) in [4.78, 5) is 0. The molecule has 0 heterocycles. The van der Waals surface area contributed by atoms with Crippen LogP contribution in [0.4, 0.5) is 11.4 Å². The normalized spacial score (nSPS) is 11.4. The standard InChI is InChI=1S/C26H18N2O/c29-24-17-15-19-9-5-7-13-22(19)26(24)25-21-12-6-4-8-18(21)14-16-23(25)28-27-20-10-2-1-3-11-20/h1-17,29H. The number of phenols is 1. The van der Waals surface area contributed by atoms with Gasteiger partial charge in [-0.2, -0.15) is 5.11 Å². The molecule has 1 N–H and O–H groups in total. The number of phenolic OH excluding ortho intramolecular Hbond substituents is 1. The van der Waals surface area contributed by atoms with Gasteiger partial charge in [0.2, 0.25) is 0 Å². The predicted molar refractivity (Wildman–Crippen MR) is 119 cm³/mol. The van der Waals surface area contributed by atoms with E-state index in [2.05, 4.69) is 28.4 Å². The van der Waals surface area contributed by atoms with Gasteiger partial charge in [-0.1, -0.05) is 78.9 Å². The molecule has 0 unspecified atom stereocenters. The summed E-state index contributed by atoms with van der Waals surface area (Å²) >= 11 is 0. The summed E-state index contributed by atoms with van der Waals surface area (Å²) in [7, 11) is 0. The molecule has 5 aromatic rings. The van der Waals surface area contributed by atoms with Crippen LogP contribution in [0.1, 0.15) is 0 Å². The van der Waals surface area contributed by atoms with Gasteiger partial charge in [-0.05, 0) is 45.8 Å². The molecule has 3 nitrogen and oxygen atoms in total. The van der Waals surface area contributed by atoms with E-state index < -0.39 is 0 Å². The fourth-order valence-corrected chi connectivity index (χ4v) is 3.74. The summed E-state index contributed by atoms with van der Waals surface area (Å²) in [5, 5.41) is 24.0. The maximum Gasteiger partial charge on any atom is 0.124 e. The Morgan fingerprint density at radius 3 is 1.79 bits per heavy atom. The van der Waals surface area contributed by atoms with Gasteiger partial charge in [0.1, 0.15) is 5.75 Å². The molecule has 29 heavy (non-hydrogen) atoms. The van der Waals surface area contributed by atoms with Gasteiger partial charge in [-0.15, -0.1) is 5.11 Å². The first-order valence-corrected chi connectivity index (χ1v) is 9.51. The van der Waals surface area contributed by atoms with Crippen LogP contribution < -0.4 is 0 Å². The monoisotopic (exact) mass is 374 g/mol. The highest BCUT2D eigenvalue weighted by Gasteiger charge is 2.16. The van der Waals surface area contributed by atoms with Crippen molar-refractivity contribution in [3.63, 3.8) is 0 Å². The quantitative estimate of drug-likeness (QED) is 0.322. The molecule has 0 amide bonds. The van der Waals surface area contributed by atoms with Gasteiger partial charge in [0.25, 0.3) is 0 Å². The molecule has 0 aliphatic rings. The van der Waals surface area contributed by atoms with Gasteiger partial charge in [0.15, 0.2) is 0 Å². The molecule has 0 saturated carbocycles. The van der Waals surface area contributed by atoms with Crippen LogP contribution in [0.15, 0.2) is 113 Å². The molecule has 0 bridgehead atoms. The van der Waals surface area contributed by atoms with E-state index in [1.54, 1.807) is 6.07 Å². The molecular formula is C26H18N2O. The first kappa shape index (κ1) is 17.1. The molecular weight excluding hydrogens is 356 g/mol. The van der Waals surface area contributed by atoms with Crippen LogP contribution >= 0.6 is 0 Å². The molecule has 138 valence electrons. The molecule has 0 aliphatic carbocycles. The molecule has 0 spiro atoms. The lowest BCUT2D eigenvalue weighted by atomic mass is 9.92. The Balaban J connectivity index is 1.83. The zero-order valence-corrected chi connectivity index (χ0v) is 15.7. The minimum Gasteiger partial charge on any atom is -0.507 e. The number of hydrogen-bond donors (Lipinski definition) is 1. The summed E-state index contributed by atoms with van der Waals surface area (Å²) in [5.41, 5.74) is 3.17. The number of azo groups is 1. The van der Waals surface area contributed by atoms with E-state index in [-0.39, 0.29) is 5.75 Å². The first-order chi connectivity index (χ1) is 14.3. The van der Waals surface area contributed by atoms with Crippen molar-refractivity contribution in [3.8, 4) is 16.9 Å². The highest BCUT2D eigenvalue weighted by molar-refractivity contribution is 6.11. The predicted octanol–water partition coefficient (Wildman–Crippen LogP) is 7.78. The van der Waals surface area contributed by atoms with Crippen LogP contribution in [0.2, 0.25) is 0 Å². The third-order valence-electron chi connectivity index (χ3n) is 5.09. The Morgan fingerprint density at radius 2 is 1.07 bits per heavy atom. The van der Waals surface area contributed by atoms with Gasteiger partial charge < -0.3 is 5.11 Å². The van der Waals surface area contributed by atoms with Crippen molar-refractivity contribution in [3.05, 3.63) is 103 Å². The zero-order chi connectivity index (χ0) is 19.6. The number of rotatable bonds is 3. The van der Waals surface area contributed by atoms with Gasteiger partial charge in [-0.25, -0.2) is 0 Å². The lowest BCUT2D eigenvalue weighted by molar-refractivity contribution is 0.478. The van der Waals surface area contributed by atoms with Crippen LogP contribution in [0, 0.1) is 0 Å². The number of aromatic hydroxyl groups is 1. The average Bonchev–Trinajstić information content (AvgIpc) is 2.78. The molecule has 0 aliphatic heterocycles. The van der Waals surface area contributed by atoms with Crippen molar-refractivity contribution in [2.45, 2.75) is 0 Å². The van der Waals surface area contributed by atoms with Gasteiger partial charge in [0, 0.05) is 11.1 Å². The van der Waals surface area contributed by atoms with Gasteiger partial charge in [-0.3, -0.25) is 0 Å². The minimum atomic E-state index is 0.233. The molecule has 0 saturated heterocycles. The van der Waals surface area contributed by atoms with E-state index in [4.69, 9.17) is 0 Å². The fraction of sp³-hybridized carbons (Fsp3) is 0. The lowest BCUT2D eigenvalue weighted by Crippen LogP contribution is -1.86. The number of benzene rings is 5. The maximum atomic E-state index is 10.9. The first-order valence-electron chi connectivity index (χ1n) is 9.51. The van der Waals surface area contributed by atoms with Crippen LogP contribution in [-0.2, 0) is 0 Å². The van der Waals surface area contributed by atoms with Gasteiger partial charge in [0.05, 0.1) is 11.4 Å². The van der Waals surface area contributed by atoms with Crippen molar-refractivity contribution in [1.29, 1.82) is 0 Å². The fourth-order valence-electron chi connectivity index (χ4n) is 3.74. The van der Waals surface area contributed by atoms with Crippen molar-refractivity contribution in [2.24, 2.45) is 10.2 Å². The van der Waals surface area contributed by atoms with Crippen LogP contribution in [-0.4, -0.2) is 5.11 Å². The minimum absolute atomic E-state index is 0.233. The SMILES string of the molecule is Oc1ccc2ccccc2c1-c1c(N=Nc2ccccc2)ccc2ccccc12. The van der Waals surface area contributed by atoms with E-state index in [1.165, 1.54) is 0 Å². The van der Waals surface area contributed by atoms with Crippen LogP contribution in [0.25, 0.3) is 32.7 Å². The van der Waals surface area contributed by atoms with E-state index >= 15 is 0 Å². The van der Waals surface area contributed by atoms with Crippen LogP contribution in [0.3, 0.4) is 0 Å². The highest BCUT2D eigenvalue weighted by Crippen LogP contribution is 2.45. The summed E-state index contributed by atoms with van der Waals surface area (Å²) in [5.74, 6) is 0.233. The van der Waals surface area contributed by atoms with Gasteiger partial charge >= 0.3 is 0 Å². The lowest BCUT2D eigenvalue weighted by Gasteiger charge is -2.14. The molecule has 0 fully saturated rings. The second-order valence-corrected chi connectivity index (χ2v) is 6.90. The Labute approximate surface area is 168 Å². The number of fused-ring (bicyclic) bond motifs is 2. The van der Waals surface area contributed by atoms with Crippen molar-refractivity contribution in [2.75, 3.05) is 0 Å². The third-order valence-corrected chi connectivity index (χ3v) is 5.09. The van der Waals surface area contributed by atoms with Crippen molar-refractivity contribution in [1.82, 2.24) is 0 Å². The van der Waals surface area contributed by atoms with Crippen molar-refractivity contribution < 1.29 is 5.11 Å². The largest absolute Gasteiger partial charge is 0.507 e. The molecule has 5 rings (SSSR count). The van der Waals surface area contributed by atoms with E-state index in [9.17, 15) is 5.11 Å². The Kier molecular flexibility index (Phi) is 4.26. The summed E-state index contributed by atoms with van der Waals surface area (Å²) in [6.07, 6.45) is 0.